The minimum absolute atomic E-state index is 0.204. The Labute approximate surface area is 132 Å². The van der Waals surface area contributed by atoms with E-state index in [4.69, 9.17) is 5.26 Å². The number of rotatable bonds is 4. The molecule has 1 aromatic carbocycles. The van der Waals surface area contributed by atoms with E-state index in [0.29, 0.717) is 12.1 Å². The standard InChI is InChI=1S/C17H24N4O/c1-14-11-20(8-9-21(14)17(22)13-19(2)3)12-16-6-4-15(10-18)5-7-16/h4-7,14H,8-9,11-13H2,1-3H3. The Balaban J connectivity index is 1.89. The van der Waals surface area contributed by atoms with Gasteiger partial charge in [-0.15, -0.1) is 0 Å². The predicted molar refractivity (Wildman–Crippen MR) is 86.2 cm³/mol. The number of amides is 1. The van der Waals surface area contributed by atoms with Gasteiger partial charge < -0.3 is 9.80 Å². The van der Waals surface area contributed by atoms with Crippen LogP contribution in [-0.2, 0) is 11.3 Å². The molecule has 1 aliphatic heterocycles. The van der Waals surface area contributed by atoms with E-state index in [1.165, 1.54) is 5.56 Å². The van der Waals surface area contributed by atoms with E-state index in [2.05, 4.69) is 17.9 Å². The molecule has 0 aromatic heterocycles. The van der Waals surface area contributed by atoms with E-state index in [0.717, 1.165) is 26.2 Å². The van der Waals surface area contributed by atoms with E-state index >= 15 is 0 Å². The summed E-state index contributed by atoms with van der Waals surface area (Å²) in [6.07, 6.45) is 0. The van der Waals surface area contributed by atoms with Crippen LogP contribution in [-0.4, -0.2) is 66.9 Å². The molecule has 5 nitrogen and oxygen atoms in total. The van der Waals surface area contributed by atoms with Gasteiger partial charge in [-0.1, -0.05) is 12.1 Å². The third kappa shape index (κ3) is 4.30. The SMILES string of the molecule is CC1CN(Cc2ccc(C#N)cc2)CCN1C(=O)CN(C)C. The Morgan fingerprint density at radius 2 is 2.00 bits per heavy atom. The van der Waals surface area contributed by atoms with E-state index in [9.17, 15) is 4.79 Å². The average molecular weight is 300 g/mol. The summed E-state index contributed by atoms with van der Waals surface area (Å²) in [7, 11) is 3.84. The monoisotopic (exact) mass is 300 g/mol. The number of nitriles is 1. The van der Waals surface area contributed by atoms with Crippen molar-refractivity contribution in [2.45, 2.75) is 19.5 Å². The van der Waals surface area contributed by atoms with Crippen molar-refractivity contribution in [1.82, 2.24) is 14.7 Å². The quantitative estimate of drug-likeness (QED) is 0.837. The number of carbonyl (C=O) groups is 1. The van der Waals surface area contributed by atoms with Crippen molar-refractivity contribution >= 4 is 5.91 Å². The van der Waals surface area contributed by atoms with Crippen LogP contribution in [0.1, 0.15) is 18.1 Å². The summed E-state index contributed by atoms with van der Waals surface area (Å²) in [4.78, 5) is 18.5. The minimum atomic E-state index is 0.204. The molecule has 1 unspecified atom stereocenters. The van der Waals surface area contributed by atoms with Crippen LogP contribution in [0.15, 0.2) is 24.3 Å². The normalized spacial score (nSPS) is 19.2. The second kappa shape index (κ2) is 7.39. The molecule has 0 bridgehead atoms. The van der Waals surface area contributed by atoms with Crippen LogP contribution < -0.4 is 0 Å². The van der Waals surface area contributed by atoms with Gasteiger partial charge in [0.05, 0.1) is 18.2 Å². The summed E-state index contributed by atoms with van der Waals surface area (Å²) in [5.41, 5.74) is 1.90. The molecule has 1 aromatic rings. The summed E-state index contributed by atoms with van der Waals surface area (Å²) >= 11 is 0. The fourth-order valence-corrected chi connectivity index (χ4v) is 2.85. The van der Waals surface area contributed by atoms with Crippen molar-refractivity contribution in [3.8, 4) is 6.07 Å². The summed E-state index contributed by atoms with van der Waals surface area (Å²) < 4.78 is 0. The molecule has 1 fully saturated rings. The highest BCUT2D eigenvalue weighted by molar-refractivity contribution is 5.78. The first-order valence-electron chi connectivity index (χ1n) is 7.65. The molecule has 0 aliphatic carbocycles. The Morgan fingerprint density at radius 1 is 1.32 bits per heavy atom. The molecule has 1 aliphatic rings. The first-order chi connectivity index (χ1) is 10.5. The largest absolute Gasteiger partial charge is 0.336 e. The number of benzene rings is 1. The van der Waals surface area contributed by atoms with Crippen LogP contribution in [0.4, 0.5) is 0 Å². The van der Waals surface area contributed by atoms with Crippen molar-refractivity contribution in [1.29, 1.82) is 5.26 Å². The summed E-state index contributed by atoms with van der Waals surface area (Å²) in [6, 6.07) is 10.1. The molecule has 0 N–H and O–H groups in total. The van der Waals surface area contributed by atoms with Gasteiger partial charge in [-0.2, -0.15) is 5.26 Å². The van der Waals surface area contributed by atoms with Gasteiger partial charge in [0.15, 0.2) is 0 Å². The number of hydrogen-bond acceptors (Lipinski definition) is 4. The predicted octanol–water partition coefficient (Wildman–Crippen LogP) is 1.15. The Bertz CT molecular complexity index is 547. The molecular weight excluding hydrogens is 276 g/mol. The number of hydrogen-bond donors (Lipinski definition) is 0. The molecule has 2 rings (SSSR count). The molecule has 0 saturated carbocycles. The van der Waals surface area contributed by atoms with E-state index in [1.54, 1.807) is 0 Å². The zero-order valence-corrected chi connectivity index (χ0v) is 13.6. The molecule has 22 heavy (non-hydrogen) atoms. The highest BCUT2D eigenvalue weighted by atomic mass is 16.2. The van der Waals surface area contributed by atoms with Gasteiger partial charge in [-0.05, 0) is 38.7 Å². The maximum absolute atomic E-state index is 12.2. The van der Waals surface area contributed by atoms with E-state index in [-0.39, 0.29) is 11.9 Å². The Hall–Kier alpha value is -1.90. The van der Waals surface area contributed by atoms with Gasteiger partial charge in [-0.25, -0.2) is 0 Å². The average Bonchev–Trinajstić information content (AvgIpc) is 2.47. The highest BCUT2D eigenvalue weighted by Gasteiger charge is 2.27. The Kier molecular flexibility index (Phi) is 5.53. The van der Waals surface area contributed by atoms with Gasteiger partial charge in [0.1, 0.15) is 0 Å². The van der Waals surface area contributed by atoms with Crippen molar-refractivity contribution in [2.75, 3.05) is 40.3 Å². The molecule has 118 valence electrons. The summed E-state index contributed by atoms with van der Waals surface area (Å²) in [5, 5.41) is 8.83. The smallest absolute Gasteiger partial charge is 0.237 e. The van der Waals surface area contributed by atoms with Crippen molar-refractivity contribution in [3.05, 3.63) is 35.4 Å². The fourth-order valence-electron chi connectivity index (χ4n) is 2.85. The lowest BCUT2D eigenvalue weighted by molar-refractivity contribution is -0.136. The van der Waals surface area contributed by atoms with Crippen LogP contribution in [0.2, 0.25) is 0 Å². The van der Waals surface area contributed by atoms with Crippen LogP contribution in [0.25, 0.3) is 0 Å². The molecule has 1 saturated heterocycles. The van der Waals surface area contributed by atoms with Gasteiger partial charge in [-0.3, -0.25) is 9.69 Å². The molecule has 1 heterocycles. The van der Waals surface area contributed by atoms with Crippen molar-refractivity contribution < 1.29 is 4.79 Å². The maximum Gasteiger partial charge on any atom is 0.237 e. The molecule has 0 spiro atoms. The fraction of sp³-hybridized carbons (Fsp3) is 0.529. The van der Waals surface area contributed by atoms with E-state index in [1.807, 2.05) is 48.2 Å². The van der Waals surface area contributed by atoms with Gasteiger partial charge in [0, 0.05) is 32.2 Å². The van der Waals surface area contributed by atoms with Crippen LogP contribution in [0.3, 0.4) is 0 Å². The van der Waals surface area contributed by atoms with Gasteiger partial charge in [0.25, 0.3) is 0 Å². The lowest BCUT2D eigenvalue weighted by Gasteiger charge is -2.40. The van der Waals surface area contributed by atoms with Crippen LogP contribution in [0, 0.1) is 11.3 Å². The maximum atomic E-state index is 12.2. The molecular formula is C17H24N4O. The highest BCUT2D eigenvalue weighted by Crippen LogP contribution is 2.14. The third-order valence-corrected chi connectivity index (χ3v) is 3.97. The topological polar surface area (TPSA) is 50.6 Å². The number of likely N-dealkylation sites (N-methyl/N-ethyl adjacent to an activating group) is 1. The first kappa shape index (κ1) is 16.5. The molecule has 0 radical (unpaired) electrons. The molecule has 5 heteroatoms. The first-order valence-corrected chi connectivity index (χ1v) is 7.65. The zero-order valence-electron chi connectivity index (χ0n) is 13.6. The lowest BCUT2D eigenvalue weighted by Crippen LogP contribution is -2.55. The van der Waals surface area contributed by atoms with Crippen LogP contribution in [0.5, 0.6) is 0 Å². The Morgan fingerprint density at radius 3 is 2.55 bits per heavy atom. The number of nitrogens with zero attached hydrogens (tertiary/aromatic N) is 4. The van der Waals surface area contributed by atoms with Crippen molar-refractivity contribution in [3.63, 3.8) is 0 Å². The molecule has 1 amide bonds. The van der Waals surface area contributed by atoms with Gasteiger partial charge >= 0.3 is 0 Å². The second-order valence-corrected chi connectivity index (χ2v) is 6.22. The lowest BCUT2D eigenvalue weighted by atomic mass is 10.1. The van der Waals surface area contributed by atoms with Crippen LogP contribution >= 0.6 is 0 Å². The number of carbonyl (C=O) groups excluding carboxylic acids is 1. The minimum Gasteiger partial charge on any atom is -0.336 e. The van der Waals surface area contributed by atoms with Crippen molar-refractivity contribution in [2.24, 2.45) is 0 Å². The summed E-state index contributed by atoms with van der Waals surface area (Å²) in [5.74, 6) is 0.204. The zero-order chi connectivity index (χ0) is 16.1. The third-order valence-electron chi connectivity index (χ3n) is 3.97. The number of piperazine rings is 1. The van der Waals surface area contributed by atoms with E-state index < -0.39 is 0 Å². The second-order valence-electron chi connectivity index (χ2n) is 6.22. The molecule has 1 atom stereocenters. The summed E-state index contributed by atoms with van der Waals surface area (Å²) in [6.45, 7) is 6.01. The van der Waals surface area contributed by atoms with Gasteiger partial charge in [0.2, 0.25) is 5.91 Å².